The van der Waals surface area contributed by atoms with Crippen molar-refractivity contribution in [1.29, 1.82) is 0 Å². The third-order valence-electron chi connectivity index (χ3n) is 4.12. The number of fused-ring (bicyclic) bond motifs is 1. The number of hydrogen-bond donors (Lipinski definition) is 1. The summed E-state index contributed by atoms with van der Waals surface area (Å²) in [5.41, 5.74) is 1.35. The summed E-state index contributed by atoms with van der Waals surface area (Å²) in [6, 6.07) is 12.5. The number of anilines is 2. The molecule has 0 saturated carbocycles. The first-order valence-corrected chi connectivity index (χ1v) is 9.16. The molecule has 7 heteroatoms. The van der Waals surface area contributed by atoms with Crippen LogP contribution in [0, 0.1) is 0 Å². The zero-order valence-electron chi connectivity index (χ0n) is 16.2. The van der Waals surface area contributed by atoms with Gasteiger partial charge < -0.3 is 24.4 Å². The number of amides is 2. The molecule has 2 aromatic rings. The Kier molecular flexibility index (Phi) is 6.03. The molecule has 2 aromatic carbocycles. The molecular weight excluding hydrogens is 360 g/mol. The first-order chi connectivity index (χ1) is 13.4. The zero-order valence-corrected chi connectivity index (χ0v) is 16.2. The van der Waals surface area contributed by atoms with Gasteiger partial charge in [-0.3, -0.25) is 9.59 Å². The van der Waals surface area contributed by atoms with E-state index < -0.39 is 0 Å². The van der Waals surface area contributed by atoms with Gasteiger partial charge in [-0.2, -0.15) is 0 Å². The largest absolute Gasteiger partial charge is 0.491 e. The van der Waals surface area contributed by atoms with E-state index in [0.717, 1.165) is 5.75 Å². The molecule has 0 atom stereocenters. The third kappa shape index (κ3) is 4.94. The van der Waals surface area contributed by atoms with E-state index in [1.807, 2.05) is 26.0 Å². The molecule has 7 nitrogen and oxygen atoms in total. The maximum Gasteiger partial charge on any atom is 0.231 e. The van der Waals surface area contributed by atoms with Crippen LogP contribution in [0.3, 0.4) is 0 Å². The van der Waals surface area contributed by atoms with Gasteiger partial charge in [0.15, 0.2) is 11.5 Å². The van der Waals surface area contributed by atoms with Crippen molar-refractivity contribution < 1.29 is 23.8 Å². The van der Waals surface area contributed by atoms with Gasteiger partial charge >= 0.3 is 0 Å². The number of carbonyl (C=O) groups is 2. The summed E-state index contributed by atoms with van der Waals surface area (Å²) in [4.78, 5) is 25.9. The van der Waals surface area contributed by atoms with Crippen molar-refractivity contribution in [3.63, 3.8) is 0 Å². The number of hydrogen-bond acceptors (Lipinski definition) is 5. The van der Waals surface area contributed by atoms with E-state index in [2.05, 4.69) is 5.32 Å². The second-order valence-corrected chi connectivity index (χ2v) is 6.70. The highest BCUT2D eigenvalue weighted by molar-refractivity contribution is 5.95. The minimum absolute atomic E-state index is 0.0918. The van der Waals surface area contributed by atoms with Crippen LogP contribution in [0.15, 0.2) is 42.5 Å². The molecule has 0 saturated heterocycles. The Morgan fingerprint density at radius 3 is 2.50 bits per heavy atom. The lowest BCUT2D eigenvalue weighted by atomic mass is 10.2. The van der Waals surface area contributed by atoms with E-state index in [9.17, 15) is 9.59 Å². The van der Waals surface area contributed by atoms with Gasteiger partial charge in [0.1, 0.15) is 5.75 Å². The standard InChI is InChI=1S/C21H24N2O5/c1-14(2)28-18-7-4-16(5-8-18)22-21(25)10-11-23(15(3)24)17-6-9-19-20(12-17)27-13-26-19/h4-9,12,14H,10-11,13H2,1-3H3,(H,22,25). The number of rotatable bonds is 7. The Morgan fingerprint density at radius 2 is 1.82 bits per heavy atom. The number of benzene rings is 2. The number of ether oxygens (including phenoxy) is 3. The summed E-state index contributed by atoms with van der Waals surface area (Å²) in [6.07, 6.45) is 0.257. The molecule has 0 aromatic heterocycles. The van der Waals surface area contributed by atoms with Gasteiger partial charge in [0, 0.05) is 37.3 Å². The van der Waals surface area contributed by atoms with Crippen molar-refractivity contribution in [2.24, 2.45) is 0 Å². The second kappa shape index (κ2) is 8.65. The third-order valence-corrected chi connectivity index (χ3v) is 4.12. The van der Waals surface area contributed by atoms with Gasteiger partial charge in [-0.25, -0.2) is 0 Å². The Balaban J connectivity index is 1.58. The maximum atomic E-state index is 12.3. The van der Waals surface area contributed by atoms with Gasteiger partial charge in [0.2, 0.25) is 18.6 Å². The lowest BCUT2D eigenvalue weighted by molar-refractivity contribution is -0.117. The summed E-state index contributed by atoms with van der Waals surface area (Å²) in [5, 5.41) is 2.83. The molecule has 0 radical (unpaired) electrons. The normalized spacial score (nSPS) is 12.0. The molecule has 1 aliphatic rings. The van der Waals surface area contributed by atoms with E-state index in [1.54, 1.807) is 35.2 Å². The van der Waals surface area contributed by atoms with Crippen LogP contribution < -0.4 is 24.4 Å². The number of nitrogens with zero attached hydrogens (tertiary/aromatic N) is 1. The second-order valence-electron chi connectivity index (χ2n) is 6.70. The first kappa shape index (κ1) is 19.5. The zero-order chi connectivity index (χ0) is 20.1. The fourth-order valence-corrected chi connectivity index (χ4v) is 2.85. The Morgan fingerprint density at radius 1 is 1.11 bits per heavy atom. The van der Waals surface area contributed by atoms with Crippen molar-refractivity contribution in [3.05, 3.63) is 42.5 Å². The highest BCUT2D eigenvalue weighted by Crippen LogP contribution is 2.35. The van der Waals surface area contributed by atoms with E-state index in [1.165, 1.54) is 6.92 Å². The predicted octanol–water partition coefficient (Wildman–Crippen LogP) is 3.58. The van der Waals surface area contributed by atoms with E-state index in [4.69, 9.17) is 14.2 Å². The molecule has 0 aliphatic carbocycles. The fraction of sp³-hybridized carbons (Fsp3) is 0.333. The van der Waals surface area contributed by atoms with Crippen LogP contribution in [0.1, 0.15) is 27.2 Å². The van der Waals surface area contributed by atoms with Crippen LogP contribution in [0.2, 0.25) is 0 Å². The minimum Gasteiger partial charge on any atom is -0.491 e. The predicted molar refractivity (Wildman–Crippen MR) is 106 cm³/mol. The Labute approximate surface area is 164 Å². The molecule has 3 rings (SSSR count). The van der Waals surface area contributed by atoms with Gasteiger partial charge in [-0.15, -0.1) is 0 Å². The summed E-state index contributed by atoms with van der Waals surface area (Å²) in [6.45, 7) is 5.81. The van der Waals surface area contributed by atoms with E-state index in [-0.39, 0.29) is 37.7 Å². The number of nitrogens with one attached hydrogen (secondary N) is 1. The highest BCUT2D eigenvalue weighted by atomic mass is 16.7. The van der Waals surface area contributed by atoms with E-state index in [0.29, 0.717) is 22.9 Å². The maximum absolute atomic E-state index is 12.3. The average molecular weight is 384 g/mol. The molecule has 148 valence electrons. The molecule has 1 N–H and O–H groups in total. The average Bonchev–Trinajstić information content (AvgIpc) is 3.10. The van der Waals surface area contributed by atoms with Crippen molar-refractivity contribution in [2.75, 3.05) is 23.6 Å². The van der Waals surface area contributed by atoms with Crippen LogP contribution in [-0.2, 0) is 9.59 Å². The summed E-state index contributed by atoms with van der Waals surface area (Å²) in [7, 11) is 0. The van der Waals surface area contributed by atoms with Gasteiger partial charge in [-0.05, 0) is 50.2 Å². The monoisotopic (exact) mass is 384 g/mol. The van der Waals surface area contributed by atoms with Crippen LogP contribution >= 0.6 is 0 Å². The topological polar surface area (TPSA) is 77.1 Å². The molecule has 0 unspecified atom stereocenters. The molecule has 0 fully saturated rings. The summed E-state index contributed by atoms with van der Waals surface area (Å²) in [5.74, 6) is 1.66. The van der Waals surface area contributed by atoms with Crippen LogP contribution in [0.4, 0.5) is 11.4 Å². The number of carbonyl (C=O) groups excluding carboxylic acids is 2. The van der Waals surface area contributed by atoms with Crippen LogP contribution in [-0.4, -0.2) is 31.3 Å². The molecule has 0 bridgehead atoms. The molecule has 1 heterocycles. The Bertz CT molecular complexity index is 848. The molecular formula is C21H24N2O5. The van der Waals surface area contributed by atoms with Crippen molar-refractivity contribution in [3.8, 4) is 17.2 Å². The van der Waals surface area contributed by atoms with E-state index >= 15 is 0 Å². The van der Waals surface area contributed by atoms with Gasteiger partial charge in [-0.1, -0.05) is 0 Å². The van der Waals surface area contributed by atoms with Crippen molar-refractivity contribution in [2.45, 2.75) is 33.3 Å². The first-order valence-electron chi connectivity index (χ1n) is 9.16. The smallest absolute Gasteiger partial charge is 0.231 e. The highest BCUT2D eigenvalue weighted by Gasteiger charge is 2.19. The van der Waals surface area contributed by atoms with Crippen molar-refractivity contribution >= 4 is 23.2 Å². The SMILES string of the molecule is CC(=O)N(CCC(=O)Nc1ccc(OC(C)C)cc1)c1ccc2c(c1)OCO2. The quantitative estimate of drug-likeness (QED) is 0.789. The Hall–Kier alpha value is -3.22. The van der Waals surface area contributed by atoms with Gasteiger partial charge in [0.05, 0.1) is 6.10 Å². The molecule has 28 heavy (non-hydrogen) atoms. The van der Waals surface area contributed by atoms with Crippen LogP contribution in [0.5, 0.6) is 17.2 Å². The van der Waals surface area contributed by atoms with Crippen LogP contribution in [0.25, 0.3) is 0 Å². The molecule has 0 spiro atoms. The van der Waals surface area contributed by atoms with Crippen molar-refractivity contribution in [1.82, 2.24) is 0 Å². The fourth-order valence-electron chi connectivity index (χ4n) is 2.85. The molecule has 2 amide bonds. The lowest BCUT2D eigenvalue weighted by Gasteiger charge is -2.21. The lowest BCUT2D eigenvalue weighted by Crippen LogP contribution is -2.31. The summed E-state index contributed by atoms with van der Waals surface area (Å²) < 4.78 is 16.2. The minimum atomic E-state index is -0.176. The molecule has 1 aliphatic heterocycles. The summed E-state index contributed by atoms with van der Waals surface area (Å²) >= 11 is 0. The van der Waals surface area contributed by atoms with Gasteiger partial charge in [0.25, 0.3) is 0 Å².